The fraction of sp³-hybridized carbons (Fsp3) is 0.130. The van der Waals surface area contributed by atoms with Crippen LogP contribution < -0.4 is 0 Å². The zero-order valence-corrected chi connectivity index (χ0v) is 50.3. The van der Waals surface area contributed by atoms with E-state index < -0.39 is 16.2 Å². The number of rotatable bonds is 12. The Morgan fingerprint density at radius 3 is 0.627 bits per heavy atom. The molecule has 0 heterocycles. The minimum atomic E-state index is -0.507. The summed E-state index contributed by atoms with van der Waals surface area (Å²) in [6.07, 6.45) is 4.82. The monoisotopic (exact) mass is 1350 g/mol. The van der Waals surface area contributed by atoms with Crippen LogP contribution in [0.4, 0.5) is 0 Å². The summed E-state index contributed by atoms with van der Waals surface area (Å²) in [4.78, 5) is 0. The summed E-state index contributed by atoms with van der Waals surface area (Å²) < 4.78 is 6.55. The van der Waals surface area contributed by atoms with Crippen molar-refractivity contribution in [1.82, 2.24) is 0 Å². The number of fused-ring (bicyclic) bond motifs is 12. The molecule has 0 N–H and O–H groups in total. The summed E-state index contributed by atoms with van der Waals surface area (Å²) >= 11 is 23.7. The first kappa shape index (κ1) is 49.6. The smallest absolute Gasteiger partial charge is 0.0302 e. The molecule has 0 spiro atoms. The topological polar surface area (TPSA) is 0 Å². The Bertz CT molecular complexity index is 3340. The molecular formula is C69H48Br6. The van der Waals surface area contributed by atoms with Gasteiger partial charge in [0.15, 0.2) is 0 Å². The summed E-state index contributed by atoms with van der Waals surface area (Å²) in [6, 6.07) is 83.1. The standard InChI is InChI=1S/C69H48Br6/c70-49-19-7-13-43(31-49)37-67(38-44-14-8-20-50(71)32-44)58-28-4-1-25-55(58)61-64(67)62-57-27-3-6-30-60(57)69(41-47-17-11-23-53(74)35-47,42-48-18-12-24-54(75)36-48)66(62)63-56-26-2-5-29-59(56)68(65(61)63,39-45-15-9-21-51(72)33-45)40-46-16-10-22-52(73)34-46/h1-36H,37-42H2. The van der Waals surface area contributed by atoms with Crippen molar-refractivity contribution >= 4 is 95.6 Å². The Morgan fingerprint density at radius 2 is 0.427 bits per heavy atom. The predicted octanol–water partition coefficient (Wildman–Crippen LogP) is 20.5. The van der Waals surface area contributed by atoms with Crippen LogP contribution >= 0.6 is 95.6 Å². The van der Waals surface area contributed by atoms with E-state index in [2.05, 4.69) is 314 Å². The molecule has 0 nitrogen and oxygen atoms in total. The summed E-state index contributed by atoms with van der Waals surface area (Å²) in [6.45, 7) is 0. The Morgan fingerprint density at radius 1 is 0.227 bits per heavy atom. The van der Waals surface area contributed by atoms with Gasteiger partial charge in [-0.1, -0.05) is 241 Å². The van der Waals surface area contributed by atoms with E-state index in [1.165, 1.54) is 100 Å². The molecule has 75 heavy (non-hydrogen) atoms. The minimum Gasteiger partial charge on any atom is -0.0619 e. The van der Waals surface area contributed by atoms with Crippen LogP contribution in [0.25, 0.3) is 33.4 Å². The summed E-state index contributed by atoms with van der Waals surface area (Å²) in [7, 11) is 0. The van der Waals surface area contributed by atoms with Gasteiger partial charge >= 0.3 is 0 Å². The zero-order chi connectivity index (χ0) is 51.1. The van der Waals surface area contributed by atoms with Gasteiger partial charge in [-0.15, -0.1) is 0 Å². The fourth-order valence-electron chi connectivity index (χ4n) is 14.0. The summed E-state index contributed by atoms with van der Waals surface area (Å²) in [5.74, 6) is 0. The normalized spacial score (nSPS) is 14.6. The van der Waals surface area contributed by atoms with Gasteiger partial charge in [0, 0.05) is 43.1 Å². The Hall–Kier alpha value is -4.92. The molecule has 0 saturated carbocycles. The van der Waals surface area contributed by atoms with Gasteiger partial charge in [-0.2, -0.15) is 0 Å². The van der Waals surface area contributed by atoms with Crippen molar-refractivity contribution in [1.29, 1.82) is 0 Å². The predicted molar refractivity (Wildman–Crippen MR) is 332 cm³/mol. The second kappa shape index (κ2) is 19.8. The Balaban J connectivity index is 1.27. The van der Waals surface area contributed by atoms with Crippen molar-refractivity contribution < 1.29 is 0 Å². The molecule has 0 saturated heterocycles. The first-order valence-electron chi connectivity index (χ1n) is 25.5. The van der Waals surface area contributed by atoms with Crippen molar-refractivity contribution in [2.45, 2.75) is 54.8 Å². The molecule has 3 aliphatic rings. The lowest BCUT2D eigenvalue weighted by atomic mass is 9.62. The van der Waals surface area contributed by atoms with Crippen molar-refractivity contribution in [2.24, 2.45) is 0 Å². The van der Waals surface area contributed by atoms with Crippen molar-refractivity contribution in [2.75, 3.05) is 0 Å². The van der Waals surface area contributed by atoms with E-state index in [1.807, 2.05) is 0 Å². The zero-order valence-electron chi connectivity index (χ0n) is 40.8. The van der Waals surface area contributed by atoms with E-state index in [0.29, 0.717) is 0 Å². The van der Waals surface area contributed by atoms with Gasteiger partial charge in [0.25, 0.3) is 0 Å². The molecule has 13 rings (SSSR count). The van der Waals surface area contributed by atoms with Gasteiger partial charge < -0.3 is 0 Å². The molecule has 0 atom stereocenters. The van der Waals surface area contributed by atoms with Crippen LogP contribution in [0.2, 0.25) is 0 Å². The van der Waals surface area contributed by atoms with E-state index >= 15 is 0 Å². The molecule has 0 aromatic heterocycles. The molecule has 0 aliphatic heterocycles. The molecule has 10 aromatic carbocycles. The molecular weight excluding hydrogens is 1310 g/mol. The number of halogens is 6. The third-order valence-electron chi connectivity index (χ3n) is 16.4. The van der Waals surface area contributed by atoms with Crippen molar-refractivity contribution in [3.63, 3.8) is 0 Å². The molecule has 6 heteroatoms. The van der Waals surface area contributed by atoms with Gasteiger partial charge in [-0.05, 0) is 211 Å². The van der Waals surface area contributed by atoms with Gasteiger partial charge in [0.05, 0.1) is 0 Å². The lowest BCUT2D eigenvalue weighted by molar-refractivity contribution is 0.501. The van der Waals surface area contributed by atoms with Gasteiger partial charge in [0.1, 0.15) is 0 Å². The first-order chi connectivity index (χ1) is 36.5. The third-order valence-corrected chi connectivity index (χ3v) is 19.4. The molecule has 0 amide bonds. The molecule has 10 aromatic rings. The molecule has 0 fully saturated rings. The average Bonchev–Trinajstić information content (AvgIpc) is 4.09. The van der Waals surface area contributed by atoms with Crippen LogP contribution in [-0.2, 0) is 54.8 Å². The number of hydrogen-bond donors (Lipinski definition) is 0. The van der Waals surface area contributed by atoms with Crippen LogP contribution in [-0.4, -0.2) is 0 Å². The molecule has 0 unspecified atom stereocenters. The fourth-order valence-corrected chi connectivity index (χ4v) is 16.7. The highest BCUT2D eigenvalue weighted by Crippen LogP contribution is 2.70. The van der Waals surface area contributed by atoms with E-state index in [9.17, 15) is 0 Å². The molecule has 0 radical (unpaired) electrons. The van der Waals surface area contributed by atoms with E-state index in [-0.39, 0.29) is 0 Å². The van der Waals surface area contributed by atoms with Crippen LogP contribution in [0.1, 0.15) is 66.8 Å². The average molecular weight is 1360 g/mol. The second-order valence-electron chi connectivity index (χ2n) is 21.0. The van der Waals surface area contributed by atoms with Crippen LogP contribution in [0.5, 0.6) is 0 Å². The van der Waals surface area contributed by atoms with E-state index in [1.54, 1.807) is 0 Å². The van der Waals surface area contributed by atoms with Crippen LogP contribution in [0, 0.1) is 0 Å². The first-order valence-corrected chi connectivity index (χ1v) is 30.3. The number of benzene rings is 10. The van der Waals surface area contributed by atoms with Crippen LogP contribution in [0.3, 0.4) is 0 Å². The molecule has 0 bridgehead atoms. The Kier molecular flexibility index (Phi) is 13.1. The lowest BCUT2D eigenvalue weighted by Crippen LogP contribution is -2.36. The highest BCUT2D eigenvalue weighted by molar-refractivity contribution is 9.11. The minimum absolute atomic E-state index is 0.507. The third kappa shape index (κ3) is 8.60. The van der Waals surface area contributed by atoms with Crippen LogP contribution in [0.15, 0.2) is 245 Å². The van der Waals surface area contributed by atoms with Gasteiger partial charge in [0.2, 0.25) is 0 Å². The van der Waals surface area contributed by atoms with Crippen molar-refractivity contribution in [3.8, 4) is 33.4 Å². The quantitative estimate of drug-likeness (QED) is 0.114. The second-order valence-corrected chi connectivity index (χ2v) is 26.5. The van der Waals surface area contributed by atoms with E-state index in [4.69, 9.17) is 0 Å². The SMILES string of the molecule is Brc1cccc(CC2(Cc3cccc(Br)c3)c3ccccc3-c3c2c2c(c4c3C(Cc3cccc(Br)c3)(Cc3cccc(Br)c3)c3ccccc3-4)C(Cc3cccc(Br)c3)(Cc3cccc(Br)c3)c3ccccc3-2)c1. The lowest BCUT2D eigenvalue weighted by Gasteiger charge is -2.40. The van der Waals surface area contributed by atoms with E-state index in [0.717, 1.165) is 65.4 Å². The van der Waals surface area contributed by atoms with Gasteiger partial charge in [-0.3, -0.25) is 0 Å². The summed E-state index contributed by atoms with van der Waals surface area (Å²) in [5, 5.41) is 0. The van der Waals surface area contributed by atoms with Gasteiger partial charge in [-0.25, -0.2) is 0 Å². The highest BCUT2D eigenvalue weighted by atomic mass is 79.9. The highest BCUT2D eigenvalue weighted by Gasteiger charge is 2.58. The molecule has 366 valence electrons. The Labute approximate surface area is 490 Å². The molecule has 3 aliphatic carbocycles. The maximum absolute atomic E-state index is 3.95. The largest absolute Gasteiger partial charge is 0.0619 e. The maximum Gasteiger partial charge on any atom is 0.0302 e. The van der Waals surface area contributed by atoms with Crippen molar-refractivity contribution in [3.05, 3.63) is 312 Å². The maximum atomic E-state index is 3.95. The number of hydrogen-bond acceptors (Lipinski definition) is 0. The summed E-state index contributed by atoms with van der Waals surface area (Å²) in [5.41, 5.74) is 23.0.